The van der Waals surface area contributed by atoms with E-state index in [4.69, 9.17) is 9.72 Å². The molecule has 0 N–H and O–H groups in total. The van der Waals surface area contributed by atoms with E-state index in [1.54, 1.807) is 22.8 Å². The highest BCUT2D eigenvalue weighted by atomic mass is 16.5. The standard InChI is InChI=1S/C26H28N4O4/c1-16(2)12-13-28-22-11-8-17(25(32)34-3)14-20(22)27-23(28)15-29-21-7-5-4-6-19(21)24(31)30(26(29)33)18-9-10-18/h4-8,11,14,16,18H,9-10,12-13,15H2,1-3H3. The lowest BCUT2D eigenvalue weighted by atomic mass is 10.1. The lowest BCUT2D eigenvalue weighted by Crippen LogP contribution is -2.40. The maximum Gasteiger partial charge on any atom is 0.337 e. The number of fused-ring (bicyclic) bond motifs is 2. The first kappa shape index (κ1) is 22.1. The number of hydrogen-bond donors (Lipinski definition) is 0. The summed E-state index contributed by atoms with van der Waals surface area (Å²) < 4.78 is 10.0. The summed E-state index contributed by atoms with van der Waals surface area (Å²) in [4.78, 5) is 43.4. The van der Waals surface area contributed by atoms with Gasteiger partial charge in [0, 0.05) is 12.6 Å². The Hall–Kier alpha value is -3.68. The lowest BCUT2D eigenvalue weighted by molar-refractivity contribution is 0.0601. The molecular weight excluding hydrogens is 432 g/mol. The highest BCUT2D eigenvalue weighted by Gasteiger charge is 2.29. The maximum absolute atomic E-state index is 13.5. The molecule has 1 aliphatic rings. The van der Waals surface area contributed by atoms with Gasteiger partial charge in [0.15, 0.2) is 0 Å². The monoisotopic (exact) mass is 460 g/mol. The van der Waals surface area contributed by atoms with Crippen molar-refractivity contribution in [2.45, 2.75) is 52.2 Å². The number of nitrogens with zero attached hydrogens (tertiary/aromatic N) is 4. The first-order valence-electron chi connectivity index (χ1n) is 11.7. The summed E-state index contributed by atoms with van der Waals surface area (Å²) in [7, 11) is 1.35. The van der Waals surface area contributed by atoms with Crippen LogP contribution in [0.4, 0.5) is 0 Å². The summed E-state index contributed by atoms with van der Waals surface area (Å²) in [6, 6.07) is 12.6. The van der Waals surface area contributed by atoms with Crippen molar-refractivity contribution in [3.8, 4) is 0 Å². The molecule has 1 aliphatic carbocycles. The van der Waals surface area contributed by atoms with Crippen molar-refractivity contribution in [1.82, 2.24) is 18.7 Å². The van der Waals surface area contributed by atoms with Gasteiger partial charge in [-0.05, 0) is 55.5 Å². The molecule has 8 heteroatoms. The maximum atomic E-state index is 13.5. The fourth-order valence-electron chi connectivity index (χ4n) is 4.47. The second-order valence-electron chi connectivity index (χ2n) is 9.35. The van der Waals surface area contributed by atoms with Crippen LogP contribution in [0.1, 0.15) is 55.3 Å². The first-order valence-corrected chi connectivity index (χ1v) is 11.7. The summed E-state index contributed by atoms with van der Waals surface area (Å²) in [5.74, 6) is 0.782. The minimum atomic E-state index is -0.418. The third-order valence-corrected chi connectivity index (χ3v) is 6.47. The number of hydrogen-bond acceptors (Lipinski definition) is 5. The van der Waals surface area contributed by atoms with Gasteiger partial charge >= 0.3 is 11.7 Å². The summed E-state index contributed by atoms with van der Waals surface area (Å²) in [5, 5.41) is 0.534. The second-order valence-corrected chi connectivity index (χ2v) is 9.35. The van der Waals surface area contributed by atoms with Gasteiger partial charge in [-0.15, -0.1) is 0 Å². The van der Waals surface area contributed by atoms with Gasteiger partial charge in [0.1, 0.15) is 5.82 Å². The number of ether oxygens (including phenoxy) is 1. The van der Waals surface area contributed by atoms with Crippen LogP contribution in [0.2, 0.25) is 0 Å². The number of carbonyl (C=O) groups excluding carboxylic acids is 1. The predicted molar refractivity (Wildman–Crippen MR) is 130 cm³/mol. The van der Waals surface area contributed by atoms with Gasteiger partial charge in [0.05, 0.1) is 41.2 Å². The predicted octanol–water partition coefficient (Wildman–Crippen LogP) is 3.73. The number of rotatable bonds is 7. The molecule has 0 bridgehead atoms. The van der Waals surface area contributed by atoms with E-state index < -0.39 is 5.97 Å². The fraction of sp³-hybridized carbons (Fsp3) is 0.385. The van der Waals surface area contributed by atoms with E-state index in [-0.39, 0.29) is 23.8 Å². The Balaban J connectivity index is 1.69. The van der Waals surface area contributed by atoms with E-state index in [0.29, 0.717) is 33.7 Å². The number of carbonyl (C=O) groups is 1. The molecule has 0 unspecified atom stereocenters. The van der Waals surface area contributed by atoms with E-state index in [0.717, 1.165) is 31.3 Å². The lowest BCUT2D eigenvalue weighted by Gasteiger charge is -2.15. The van der Waals surface area contributed by atoms with E-state index in [1.165, 1.54) is 11.7 Å². The highest BCUT2D eigenvalue weighted by Crippen LogP contribution is 2.32. The molecule has 0 amide bonds. The van der Waals surface area contributed by atoms with Crippen molar-refractivity contribution in [2.24, 2.45) is 5.92 Å². The Bertz CT molecular complexity index is 1520. The largest absolute Gasteiger partial charge is 0.465 e. The third kappa shape index (κ3) is 3.83. The van der Waals surface area contributed by atoms with Gasteiger partial charge in [0.2, 0.25) is 0 Å². The summed E-state index contributed by atoms with van der Waals surface area (Å²) in [6.45, 7) is 5.29. The Morgan fingerprint density at radius 1 is 1.09 bits per heavy atom. The molecule has 0 spiro atoms. The van der Waals surface area contributed by atoms with Crippen molar-refractivity contribution >= 4 is 27.9 Å². The third-order valence-electron chi connectivity index (χ3n) is 6.47. The SMILES string of the molecule is COC(=O)c1ccc2c(c1)nc(Cn1c(=O)n(C3CC3)c(=O)c3ccccc31)n2CCC(C)C. The summed E-state index contributed by atoms with van der Waals surface area (Å²) >= 11 is 0. The summed E-state index contributed by atoms with van der Waals surface area (Å²) in [6.07, 6.45) is 2.63. The van der Waals surface area contributed by atoms with Crippen LogP contribution >= 0.6 is 0 Å². The molecular formula is C26H28N4O4. The number of imidazole rings is 1. The van der Waals surface area contributed by atoms with Crippen molar-refractivity contribution in [1.29, 1.82) is 0 Å². The topological polar surface area (TPSA) is 88.1 Å². The van der Waals surface area contributed by atoms with Crippen molar-refractivity contribution in [3.05, 3.63) is 74.7 Å². The smallest absolute Gasteiger partial charge is 0.337 e. The van der Waals surface area contributed by atoms with Crippen LogP contribution < -0.4 is 11.2 Å². The molecule has 5 rings (SSSR count). The number of benzene rings is 2. The molecule has 0 aliphatic heterocycles. The first-order chi connectivity index (χ1) is 16.4. The van der Waals surface area contributed by atoms with Crippen molar-refractivity contribution in [2.75, 3.05) is 7.11 Å². The molecule has 0 radical (unpaired) electrons. The number of methoxy groups -OCH3 is 1. The van der Waals surface area contributed by atoms with Crippen molar-refractivity contribution in [3.63, 3.8) is 0 Å². The Kier molecular flexibility index (Phi) is 5.59. The molecule has 1 fully saturated rings. The molecule has 2 aromatic heterocycles. The van der Waals surface area contributed by atoms with Gasteiger partial charge in [-0.3, -0.25) is 13.9 Å². The number of esters is 1. The van der Waals surface area contributed by atoms with Gasteiger partial charge in [-0.25, -0.2) is 14.6 Å². The Morgan fingerprint density at radius 2 is 1.85 bits per heavy atom. The van der Waals surface area contributed by atoms with Crippen LogP contribution in [0, 0.1) is 5.92 Å². The minimum Gasteiger partial charge on any atom is -0.465 e. The zero-order chi connectivity index (χ0) is 24.0. The van der Waals surface area contributed by atoms with Crippen LogP contribution in [0.15, 0.2) is 52.1 Å². The van der Waals surface area contributed by atoms with Gasteiger partial charge in [-0.1, -0.05) is 26.0 Å². The molecule has 0 saturated heterocycles. The van der Waals surface area contributed by atoms with Gasteiger partial charge in [-0.2, -0.15) is 0 Å². The molecule has 34 heavy (non-hydrogen) atoms. The molecule has 1 saturated carbocycles. The highest BCUT2D eigenvalue weighted by molar-refractivity contribution is 5.93. The molecule has 4 aromatic rings. The molecule has 8 nitrogen and oxygen atoms in total. The molecule has 2 heterocycles. The van der Waals surface area contributed by atoms with Gasteiger partial charge < -0.3 is 9.30 Å². The van der Waals surface area contributed by atoms with Crippen LogP contribution in [-0.2, 0) is 17.8 Å². The minimum absolute atomic E-state index is 0.0294. The second kappa shape index (κ2) is 8.59. The van der Waals surface area contributed by atoms with E-state index >= 15 is 0 Å². The van der Waals surface area contributed by atoms with E-state index in [9.17, 15) is 14.4 Å². The number of para-hydroxylation sites is 1. The van der Waals surface area contributed by atoms with Crippen LogP contribution in [-0.4, -0.2) is 31.8 Å². The van der Waals surface area contributed by atoms with Crippen molar-refractivity contribution < 1.29 is 9.53 Å². The zero-order valence-corrected chi connectivity index (χ0v) is 19.7. The molecule has 0 atom stereocenters. The number of aromatic nitrogens is 4. The zero-order valence-electron chi connectivity index (χ0n) is 19.7. The van der Waals surface area contributed by atoms with E-state index in [1.807, 2.05) is 24.3 Å². The molecule has 176 valence electrons. The normalized spacial score (nSPS) is 13.8. The van der Waals surface area contributed by atoms with Crippen LogP contribution in [0.25, 0.3) is 21.9 Å². The van der Waals surface area contributed by atoms with Gasteiger partial charge in [0.25, 0.3) is 5.56 Å². The van der Waals surface area contributed by atoms with E-state index in [2.05, 4.69) is 18.4 Å². The average molecular weight is 461 g/mol. The Morgan fingerprint density at radius 3 is 2.56 bits per heavy atom. The van der Waals surface area contributed by atoms with Crippen LogP contribution in [0.5, 0.6) is 0 Å². The quantitative estimate of drug-likeness (QED) is 0.392. The summed E-state index contributed by atoms with van der Waals surface area (Å²) in [5.41, 5.74) is 2.08. The van der Waals surface area contributed by atoms with Crippen LogP contribution in [0.3, 0.4) is 0 Å². The average Bonchev–Trinajstić information content (AvgIpc) is 3.60. The Labute approximate surface area is 196 Å². The number of aryl methyl sites for hydroxylation is 1. The molecule has 2 aromatic carbocycles. The fourth-order valence-corrected chi connectivity index (χ4v) is 4.47.